The molecule has 0 amide bonds. The summed E-state index contributed by atoms with van der Waals surface area (Å²) < 4.78 is 27.4. The van der Waals surface area contributed by atoms with Gasteiger partial charge in [0, 0.05) is 24.1 Å². The lowest BCUT2D eigenvalue weighted by Gasteiger charge is -2.31. The van der Waals surface area contributed by atoms with Gasteiger partial charge in [-0.25, -0.2) is 0 Å². The molecule has 0 bridgehead atoms. The standard InChI is InChI=1S/C8H14N2O4S2/c11-8(12)7-5-15-4-3-10(7)16(13,14)9-6-1-2-6/h6-7,9H,1-5H2,(H,11,12). The SMILES string of the molecule is O=C(O)C1CSCCN1S(=O)(=O)NC1CC1. The molecule has 2 fully saturated rings. The Hall–Kier alpha value is -0.310. The van der Waals surface area contributed by atoms with Crippen molar-refractivity contribution in [3.8, 4) is 0 Å². The van der Waals surface area contributed by atoms with E-state index in [0.717, 1.165) is 17.1 Å². The molecule has 1 unspecified atom stereocenters. The molecule has 1 saturated heterocycles. The van der Waals surface area contributed by atoms with Gasteiger partial charge in [-0.3, -0.25) is 4.79 Å². The minimum absolute atomic E-state index is 0.00836. The quantitative estimate of drug-likeness (QED) is 0.715. The van der Waals surface area contributed by atoms with Crippen molar-refractivity contribution in [3.63, 3.8) is 0 Å². The first kappa shape index (κ1) is 12.2. The molecule has 0 spiro atoms. The predicted octanol–water partition coefficient (Wildman–Crippen LogP) is -0.515. The van der Waals surface area contributed by atoms with Crippen LogP contribution in [-0.2, 0) is 15.0 Å². The minimum atomic E-state index is -3.63. The van der Waals surface area contributed by atoms with Crippen molar-refractivity contribution in [2.75, 3.05) is 18.1 Å². The molecule has 1 aliphatic carbocycles. The zero-order valence-corrected chi connectivity index (χ0v) is 10.3. The zero-order valence-electron chi connectivity index (χ0n) is 8.63. The molecular weight excluding hydrogens is 252 g/mol. The first-order valence-corrected chi connectivity index (χ1v) is 7.70. The summed E-state index contributed by atoms with van der Waals surface area (Å²) in [6.07, 6.45) is 1.69. The Morgan fingerprint density at radius 3 is 2.69 bits per heavy atom. The molecule has 2 N–H and O–H groups in total. The summed E-state index contributed by atoms with van der Waals surface area (Å²) in [6.45, 7) is 0.268. The smallest absolute Gasteiger partial charge is 0.322 e. The second-order valence-corrected chi connectivity index (χ2v) is 6.74. The maximum absolute atomic E-state index is 11.9. The van der Waals surface area contributed by atoms with Crippen LogP contribution in [0.5, 0.6) is 0 Å². The van der Waals surface area contributed by atoms with Gasteiger partial charge in [0.15, 0.2) is 0 Å². The Morgan fingerprint density at radius 1 is 1.44 bits per heavy atom. The molecule has 6 nitrogen and oxygen atoms in total. The van der Waals surface area contributed by atoms with Gasteiger partial charge in [0.1, 0.15) is 6.04 Å². The van der Waals surface area contributed by atoms with Crippen LogP contribution in [0.1, 0.15) is 12.8 Å². The van der Waals surface area contributed by atoms with Crippen molar-refractivity contribution in [3.05, 3.63) is 0 Å². The minimum Gasteiger partial charge on any atom is -0.480 e. The number of nitrogens with zero attached hydrogens (tertiary/aromatic N) is 1. The van der Waals surface area contributed by atoms with E-state index in [2.05, 4.69) is 4.72 Å². The van der Waals surface area contributed by atoms with E-state index in [-0.39, 0.29) is 12.6 Å². The van der Waals surface area contributed by atoms with Gasteiger partial charge in [-0.1, -0.05) is 0 Å². The molecule has 2 aliphatic rings. The van der Waals surface area contributed by atoms with E-state index in [4.69, 9.17) is 5.11 Å². The van der Waals surface area contributed by atoms with E-state index in [0.29, 0.717) is 11.5 Å². The predicted molar refractivity (Wildman–Crippen MR) is 60.5 cm³/mol. The first-order valence-electron chi connectivity index (χ1n) is 5.10. The summed E-state index contributed by atoms with van der Waals surface area (Å²) >= 11 is 1.47. The molecule has 92 valence electrons. The third kappa shape index (κ3) is 2.68. The molecule has 8 heteroatoms. The van der Waals surface area contributed by atoms with Crippen LogP contribution in [0.25, 0.3) is 0 Å². The lowest BCUT2D eigenvalue weighted by Crippen LogP contribution is -2.54. The second kappa shape index (κ2) is 4.52. The Kier molecular flexibility index (Phi) is 3.43. The van der Waals surface area contributed by atoms with Crippen LogP contribution in [0, 0.1) is 0 Å². The van der Waals surface area contributed by atoms with Gasteiger partial charge < -0.3 is 5.11 Å². The van der Waals surface area contributed by atoms with Gasteiger partial charge in [-0.2, -0.15) is 29.2 Å². The van der Waals surface area contributed by atoms with Crippen LogP contribution in [0.2, 0.25) is 0 Å². The highest BCUT2D eigenvalue weighted by atomic mass is 32.2. The molecule has 1 heterocycles. The van der Waals surface area contributed by atoms with E-state index in [1.54, 1.807) is 0 Å². The Labute approximate surface area is 98.6 Å². The van der Waals surface area contributed by atoms with Crippen LogP contribution in [0.15, 0.2) is 0 Å². The normalized spacial score (nSPS) is 27.9. The summed E-state index contributed by atoms with van der Waals surface area (Å²) in [5.41, 5.74) is 0. The van der Waals surface area contributed by atoms with Crippen LogP contribution in [0.4, 0.5) is 0 Å². The number of carbonyl (C=O) groups is 1. The Morgan fingerprint density at radius 2 is 2.12 bits per heavy atom. The van der Waals surface area contributed by atoms with Gasteiger partial charge in [0.25, 0.3) is 10.2 Å². The van der Waals surface area contributed by atoms with Gasteiger partial charge in [-0.05, 0) is 12.8 Å². The third-order valence-electron chi connectivity index (χ3n) is 2.57. The van der Waals surface area contributed by atoms with Crippen LogP contribution in [-0.4, -0.2) is 53.9 Å². The fourth-order valence-corrected chi connectivity index (χ4v) is 4.42. The van der Waals surface area contributed by atoms with Crippen LogP contribution in [0.3, 0.4) is 0 Å². The van der Waals surface area contributed by atoms with Gasteiger partial charge in [0.2, 0.25) is 0 Å². The molecule has 16 heavy (non-hydrogen) atoms. The summed E-state index contributed by atoms with van der Waals surface area (Å²) in [4.78, 5) is 11.0. The number of hydrogen-bond donors (Lipinski definition) is 2. The number of aliphatic carboxylic acids is 1. The monoisotopic (exact) mass is 266 g/mol. The summed E-state index contributed by atoms with van der Waals surface area (Å²) in [5.74, 6) is -0.107. The number of rotatable bonds is 4. The Bertz CT molecular complexity index is 379. The molecular formula is C8H14N2O4S2. The van der Waals surface area contributed by atoms with Crippen molar-refractivity contribution >= 4 is 27.9 Å². The highest BCUT2D eigenvalue weighted by Crippen LogP contribution is 2.24. The van der Waals surface area contributed by atoms with Crippen molar-refractivity contribution in [1.29, 1.82) is 0 Å². The number of carboxylic acids is 1. The number of nitrogens with one attached hydrogen (secondary N) is 1. The maximum Gasteiger partial charge on any atom is 0.322 e. The number of carboxylic acid groups (broad SMARTS) is 1. The highest BCUT2D eigenvalue weighted by molar-refractivity contribution is 7.99. The molecule has 1 saturated carbocycles. The molecule has 0 aromatic rings. The zero-order chi connectivity index (χ0) is 11.8. The van der Waals surface area contributed by atoms with Crippen molar-refractivity contribution < 1.29 is 18.3 Å². The third-order valence-corrected chi connectivity index (χ3v) is 5.27. The topological polar surface area (TPSA) is 86.7 Å². The van der Waals surface area contributed by atoms with E-state index in [9.17, 15) is 13.2 Å². The summed E-state index contributed by atoms with van der Waals surface area (Å²) in [6, 6.07) is -0.927. The summed E-state index contributed by atoms with van der Waals surface area (Å²) in [5, 5.41) is 8.97. The molecule has 0 radical (unpaired) electrons. The second-order valence-electron chi connectivity index (χ2n) is 3.94. The number of thioether (sulfide) groups is 1. The molecule has 1 atom stereocenters. The largest absolute Gasteiger partial charge is 0.480 e. The average Bonchev–Trinajstić information content (AvgIpc) is 3.01. The number of hydrogen-bond acceptors (Lipinski definition) is 4. The van der Waals surface area contributed by atoms with Crippen molar-refractivity contribution in [1.82, 2.24) is 9.03 Å². The highest BCUT2D eigenvalue weighted by Gasteiger charge is 2.39. The van der Waals surface area contributed by atoms with Gasteiger partial charge in [0.05, 0.1) is 0 Å². The molecule has 1 aliphatic heterocycles. The fraction of sp³-hybridized carbons (Fsp3) is 0.875. The van der Waals surface area contributed by atoms with Crippen LogP contribution < -0.4 is 4.72 Å². The maximum atomic E-state index is 11.9. The summed E-state index contributed by atoms with van der Waals surface area (Å²) in [7, 11) is -3.63. The molecule has 0 aromatic heterocycles. The van der Waals surface area contributed by atoms with Crippen molar-refractivity contribution in [2.45, 2.75) is 24.9 Å². The molecule has 2 rings (SSSR count). The lowest BCUT2D eigenvalue weighted by molar-refractivity contribution is -0.140. The van der Waals surface area contributed by atoms with Crippen molar-refractivity contribution in [2.24, 2.45) is 0 Å². The first-order chi connectivity index (χ1) is 7.50. The average molecular weight is 266 g/mol. The fourth-order valence-electron chi connectivity index (χ4n) is 1.55. The molecule has 0 aromatic carbocycles. The van der Waals surface area contributed by atoms with E-state index in [1.807, 2.05) is 0 Å². The van der Waals surface area contributed by atoms with E-state index >= 15 is 0 Å². The van der Waals surface area contributed by atoms with Gasteiger partial charge in [-0.15, -0.1) is 0 Å². The Balaban J connectivity index is 2.11. The van der Waals surface area contributed by atoms with Crippen LogP contribution >= 0.6 is 11.8 Å². The lowest BCUT2D eigenvalue weighted by atomic mass is 10.3. The van der Waals surface area contributed by atoms with E-state index in [1.165, 1.54) is 11.8 Å². The van der Waals surface area contributed by atoms with Gasteiger partial charge >= 0.3 is 5.97 Å². The van der Waals surface area contributed by atoms with E-state index < -0.39 is 22.2 Å².